The van der Waals surface area contributed by atoms with E-state index >= 15 is 0 Å². The van der Waals surface area contributed by atoms with Crippen LogP contribution >= 0.6 is 0 Å². The lowest BCUT2D eigenvalue weighted by molar-refractivity contribution is -0.153. The van der Waals surface area contributed by atoms with Crippen molar-refractivity contribution in [1.82, 2.24) is 0 Å². The van der Waals surface area contributed by atoms with E-state index in [4.69, 9.17) is 4.74 Å². The first-order valence-electron chi connectivity index (χ1n) is 5.05. The normalized spacial score (nSPS) is 14.2. The first-order valence-corrected chi connectivity index (χ1v) is 5.05. The Morgan fingerprint density at radius 1 is 1.31 bits per heavy atom. The topological polar surface area (TPSA) is 26.3 Å². The molecule has 0 aliphatic carbocycles. The van der Waals surface area contributed by atoms with Crippen LogP contribution in [0.5, 0.6) is 0 Å². The monoisotopic (exact) mass is 228 g/mol. The van der Waals surface area contributed by atoms with Crippen molar-refractivity contribution in [3.8, 4) is 0 Å². The maximum absolute atomic E-state index is 12.6. The molecule has 0 fully saturated rings. The summed E-state index contributed by atoms with van der Waals surface area (Å²) in [6.07, 6.45) is -0.727. The minimum atomic E-state index is -1.19. The third kappa shape index (κ3) is 3.29. The largest absolute Gasteiger partial charge is 0.455 e. The van der Waals surface area contributed by atoms with Crippen LogP contribution in [-0.2, 0) is 9.53 Å². The van der Waals surface area contributed by atoms with E-state index in [2.05, 4.69) is 0 Å². The summed E-state index contributed by atoms with van der Waals surface area (Å²) in [6.45, 7) is -0.204. The smallest absolute Gasteiger partial charge is 0.338 e. The summed E-state index contributed by atoms with van der Waals surface area (Å²) in [5.41, 5.74) is 0.675. The molecule has 16 heavy (non-hydrogen) atoms. The number of hydrogen-bond donors (Lipinski definition) is 0. The number of ether oxygens (including phenoxy) is 1. The Balaban J connectivity index is 2.83. The van der Waals surface area contributed by atoms with Crippen molar-refractivity contribution < 1.29 is 18.3 Å². The lowest BCUT2D eigenvalue weighted by Crippen LogP contribution is -2.20. The highest BCUT2D eigenvalue weighted by Gasteiger charge is 2.23. The second-order valence-corrected chi connectivity index (χ2v) is 3.59. The number of halogens is 2. The molecule has 0 heterocycles. The van der Waals surface area contributed by atoms with Gasteiger partial charge >= 0.3 is 5.97 Å². The Hall–Kier alpha value is -1.45. The predicted octanol–water partition coefficient (Wildman–Crippen LogP) is 2.85. The van der Waals surface area contributed by atoms with Crippen molar-refractivity contribution in [2.24, 2.45) is 5.92 Å². The molecule has 0 spiro atoms. The first kappa shape index (κ1) is 12.6. The van der Waals surface area contributed by atoms with Gasteiger partial charge in [0.25, 0.3) is 0 Å². The average Bonchev–Trinajstić information content (AvgIpc) is 2.35. The fourth-order valence-electron chi connectivity index (χ4n) is 1.41. The van der Waals surface area contributed by atoms with Crippen LogP contribution in [0.2, 0.25) is 0 Å². The van der Waals surface area contributed by atoms with Gasteiger partial charge in [0.15, 0.2) is 6.67 Å². The third-order valence-electron chi connectivity index (χ3n) is 2.26. The number of esters is 1. The number of hydrogen-bond acceptors (Lipinski definition) is 2. The molecule has 0 aliphatic heterocycles. The second-order valence-electron chi connectivity index (χ2n) is 3.59. The highest BCUT2D eigenvalue weighted by Crippen LogP contribution is 2.26. The maximum atomic E-state index is 12.6. The molecule has 2 unspecified atom stereocenters. The summed E-state index contributed by atoms with van der Waals surface area (Å²) >= 11 is 0. The third-order valence-corrected chi connectivity index (χ3v) is 2.26. The van der Waals surface area contributed by atoms with Gasteiger partial charge in [0, 0.05) is 5.92 Å². The van der Waals surface area contributed by atoms with E-state index in [0.717, 1.165) is 0 Å². The number of carbonyl (C=O) groups is 1. The van der Waals surface area contributed by atoms with Crippen LogP contribution < -0.4 is 0 Å². The zero-order valence-electron chi connectivity index (χ0n) is 9.03. The van der Waals surface area contributed by atoms with E-state index < -0.39 is 31.3 Å². The summed E-state index contributed by atoms with van der Waals surface area (Å²) < 4.78 is 29.5. The van der Waals surface area contributed by atoms with E-state index in [9.17, 15) is 13.6 Å². The molecule has 0 radical (unpaired) electrons. The molecule has 0 aliphatic rings. The van der Waals surface area contributed by atoms with Gasteiger partial charge in [0.2, 0.25) is 0 Å². The van der Waals surface area contributed by atoms with E-state index in [1.165, 1.54) is 0 Å². The first-order chi connectivity index (χ1) is 7.69. The Kier molecular flexibility index (Phi) is 4.89. The summed E-state index contributed by atoms with van der Waals surface area (Å²) in [5.74, 6) is -1.45. The Bertz CT molecular complexity index is 327. The fraction of sp³-hybridized carbons (Fsp3) is 0.417. The van der Waals surface area contributed by atoms with E-state index in [1.54, 1.807) is 37.3 Å². The highest BCUT2D eigenvalue weighted by atomic mass is 19.1. The van der Waals surface area contributed by atoms with Crippen LogP contribution in [0.25, 0.3) is 0 Å². The molecule has 0 saturated heterocycles. The fourth-order valence-corrected chi connectivity index (χ4v) is 1.41. The van der Waals surface area contributed by atoms with Crippen LogP contribution in [0.1, 0.15) is 18.6 Å². The van der Waals surface area contributed by atoms with Gasteiger partial charge in [-0.2, -0.15) is 0 Å². The van der Waals surface area contributed by atoms with Gasteiger partial charge in [-0.3, -0.25) is 4.39 Å². The van der Waals surface area contributed by atoms with Gasteiger partial charge in [-0.15, -0.1) is 0 Å². The van der Waals surface area contributed by atoms with Crippen molar-refractivity contribution in [3.63, 3.8) is 0 Å². The van der Waals surface area contributed by atoms with Crippen molar-refractivity contribution >= 4 is 5.97 Å². The summed E-state index contributed by atoms with van der Waals surface area (Å²) in [7, 11) is 0. The minimum absolute atomic E-state index is 0.488. The van der Waals surface area contributed by atoms with Gasteiger partial charge in [-0.05, 0) is 5.56 Å². The zero-order chi connectivity index (χ0) is 12.0. The Morgan fingerprint density at radius 2 is 1.94 bits per heavy atom. The molecule has 88 valence electrons. The highest BCUT2D eigenvalue weighted by molar-refractivity contribution is 5.70. The number of benzene rings is 1. The molecule has 1 aromatic carbocycles. The quantitative estimate of drug-likeness (QED) is 0.724. The SMILES string of the molecule is CC(CF)C(OC(=O)CF)c1ccccc1. The molecular formula is C12H14F2O2. The predicted molar refractivity (Wildman–Crippen MR) is 56.4 cm³/mol. The van der Waals surface area contributed by atoms with Crippen molar-refractivity contribution in [2.75, 3.05) is 13.3 Å². The minimum Gasteiger partial charge on any atom is -0.455 e. The molecular weight excluding hydrogens is 214 g/mol. The van der Waals surface area contributed by atoms with Crippen molar-refractivity contribution in [1.29, 1.82) is 0 Å². The van der Waals surface area contributed by atoms with Gasteiger partial charge in [0.1, 0.15) is 6.10 Å². The van der Waals surface area contributed by atoms with Crippen LogP contribution in [-0.4, -0.2) is 19.3 Å². The van der Waals surface area contributed by atoms with Crippen LogP contribution in [0.3, 0.4) is 0 Å². The van der Waals surface area contributed by atoms with Gasteiger partial charge in [-0.25, -0.2) is 9.18 Å². The Labute approximate surface area is 93.2 Å². The summed E-state index contributed by atoms with van der Waals surface area (Å²) in [6, 6.07) is 8.77. The van der Waals surface area contributed by atoms with Crippen molar-refractivity contribution in [2.45, 2.75) is 13.0 Å². The molecule has 1 aromatic rings. The van der Waals surface area contributed by atoms with Gasteiger partial charge < -0.3 is 4.74 Å². The number of rotatable bonds is 5. The number of alkyl halides is 2. The summed E-state index contributed by atoms with van der Waals surface area (Å²) in [4.78, 5) is 10.9. The molecule has 0 aromatic heterocycles. The van der Waals surface area contributed by atoms with E-state index in [0.29, 0.717) is 5.56 Å². The molecule has 4 heteroatoms. The molecule has 0 amide bonds. The van der Waals surface area contributed by atoms with Crippen LogP contribution in [0.4, 0.5) is 8.78 Å². The van der Waals surface area contributed by atoms with Crippen LogP contribution in [0, 0.1) is 5.92 Å². The average molecular weight is 228 g/mol. The lowest BCUT2D eigenvalue weighted by atomic mass is 9.98. The molecule has 1 rings (SSSR count). The number of carbonyl (C=O) groups excluding carboxylic acids is 1. The zero-order valence-corrected chi connectivity index (χ0v) is 9.03. The molecule has 0 N–H and O–H groups in total. The molecule has 2 nitrogen and oxygen atoms in total. The standard InChI is InChI=1S/C12H14F2O2/c1-9(7-13)12(16-11(15)8-14)10-5-3-2-4-6-10/h2-6,9,12H,7-8H2,1H3. The molecule has 0 bridgehead atoms. The van der Waals surface area contributed by atoms with Gasteiger partial charge in [0.05, 0.1) is 6.67 Å². The van der Waals surface area contributed by atoms with Crippen molar-refractivity contribution in [3.05, 3.63) is 35.9 Å². The second kappa shape index (κ2) is 6.20. The maximum Gasteiger partial charge on any atom is 0.338 e. The molecule has 0 saturated carbocycles. The Morgan fingerprint density at radius 3 is 2.44 bits per heavy atom. The lowest BCUT2D eigenvalue weighted by Gasteiger charge is -2.21. The van der Waals surface area contributed by atoms with Crippen LogP contribution in [0.15, 0.2) is 30.3 Å². The summed E-state index contributed by atoms with van der Waals surface area (Å²) in [5, 5.41) is 0. The van der Waals surface area contributed by atoms with Gasteiger partial charge in [-0.1, -0.05) is 37.3 Å². The van der Waals surface area contributed by atoms with E-state index in [-0.39, 0.29) is 0 Å². The molecule has 2 atom stereocenters. The van der Waals surface area contributed by atoms with E-state index in [1.807, 2.05) is 0 Å².